The maximum atomic E-state index is 12.9. The van der Waals surface area contributed by atoms with Crippen LogP contribution < -0.4 is 5.32 Å². The Morgan fingerprint density at radius 2 is 1.91 bits per heavy atom. The number of anilines is 1. The predicted molar refractivity (Wildman–Crippen MR) is 130 cm³/mol. The molecule has 0 spiro atoms. The zero-order valence-electron chi connectivity index (χ0n) is 18.9. The van der Waals surface area contributed by atoms with Gasteiger partial charge in [0.05, 0.1) is 5.52 Å². The lowest BCUT2D eigenvalue weighted by atomic mass is 9.98. The van der Waals surface area contributed by atoms with Gasteiger partial charge in [0.2, 0.25) is 5.91 Å². The molecule has 1 N–H and O–H groups in total. The summed E-state index contributed by atoms with van der Waals surface area (Å²) in [6.07, 6.45) is 10.3. The number of likely N-dealkylation sites (tertiary alicyclic amines) is 1. The Morgan fingerprint density at radius 1 is 1.12 bits per heavy atom. The lowest BCUT2D eigenvalue weighted by molar-refractivity contribution is -0.137. The molecule has 1 amide bonds. The number of nitrogens with one attached hydrogen (secondary N) is 1. The number of carbonyl (C=O) groups excluding carboxylic acids is 2. The van der Waals surface area contributed by atoms with Crippen LogP contribution in [0.1, 0.15) is 35.2 Å². The molecule has 2 saturated heterocycles. The van der Waals surface area contributed by atoms with Gasteiger partial charge in [-0.05, 0) is 54.7 Å². The first-order valence-corrected chi connectivity index (χ1v) is 11.6. The van der Waals surface area contributed by atoms with Crippen LogP contribution in [0.25, 0.3) is 22.0 Å². The summed E-state index contributed by atoms with van der Waals surface area (Å²) < 4.78 is 5.40. The summed E-state index contributed by atoms with van der Waals surface area (Å²) in [6, 6.07) is 11.6. The number of fused-ring (bicyclic) bond motifs is 1. The highest BCUT2D eigenvalue weighted by atomic mass is 16.5. The number of carbonyl (C=O) groups is 2. The van der Waals surface area contributed by atoms with E-state index in [1.807, 2.05) is 29.2 Å². The Bertz CT molecular complexity index is 1280. The SMILES string of the molecule is C#Cc1ccc(-c2ccc3ncnc(N[C@H]4CCN(C(=O)C5CCOCC5)C4)c3c2)cc1C=O. The van der Waals surface area contributed by atoms with Gasteiger partial charge in [0, 0.05) is 54.8 Å². The van der Waals surface area contributed by atoms with Gasteiger partial charge < -0.3 is 15.0 Å². The first-order valence-electron chi connectivity index (χ1n) is 11.6. The quantitative estimate of drug-likeness (QED) is 0.469. The van der Waals surface area contributed by atoms with Gasteiger partial charge in [0.25, 0.3) is 0 Å². The van der Waals surface area contributed by atoms with Gasteiger partial charge in [0.15, 0.2) is 6.29 Å². The average molecular weight is 455 g/mol. The number of aromatic nitrogens is 2. The number of aldehydes is 1. The Labute approximate surface area is 198 Å². The number of hydrogen-bond donors (Lipinski definition) is 1. The number of ether oxygens (including phenoxy) is 1. The topological polar surface area (TPSA) is 84.4 Å². The van der Waals surface area contributed by atoms with E-state index in [1.54, 1.807) is 18.5 Å². The number of hydrogen-bond acceptors (Lipinski definition) is 6. The molecule has 172 valence electrons. The van der Waals surface area contributed by atoms with Crippen molar-refractivity contribution in [2.75, 3.05) is 31.6 Å². The summed E-state index contributed by atoms with van der Waals surface area (Å²) in [6.45, 7) is 2.75. The maximum Gasteiger partial charge on any atom is 0.225 e. The molecule has 7 heteroatoms. The molecule has 1 atom stereocenters. The van der Waals surface area contributed by atoms with Crippen LogP contribution in [-0.2, 0) is 9.53 Å². The van der Waals surface area contributed by atoms with Crippen molar-refractivity contribution in [3.8, 4) is 23.5 Å². The molecule has 2 fully saturated rings. The molecule has 2 aliphatic heterocycles. The molecule has 2 aliphatic rings. The van der Waals surface area contributed by atoms with Crippen LogP contribution in [0.4, 0.5) is 5.82 Å². The Hall–Kier alpha value is -3.76. The van der Waals surface area contributed by atoms with Crippen LogP contribution in [0.3, 0.4) is 0 Å². The second-order valence-electron chi connectivity index (χ2n) is 8.82. The summed E-state index contributed by atoms with van der Waals surface area (Å²) in [7, 11) is 0. The summed E-state index contributed by atoms with van der Waals surface area (Å²) in [4.78, 5) is 35.2. The van der Waals surface area contributed by atoms with Crippen molar-refractivity contribution in [3.05, 3.63) is 53.9 Å². The van der Waals surface area contributed by atoms with Crippen molar-refractivity contribution in [3.63, 3.8) is 0 Å². The van der Waals surface area contributed by atoms with E-state index in [1.165, 1.54) is 0 Å². The maximum absolute atomic E-state index is 12.9. The van der Waals surface area contributed by atoms with E-state index in [0.717, 1.165) is 59.9 Å². The molecule has 0 saturated carbocycles. The van der Waals surface area contributed by atoms with Crippen LogP contribution in [0.2, 0.25) is 0 Å². The van der Waals surface area contributed by atoms with Gasteiger partial charge in [-0.25, -0.2) is 9.97 Å². The van der Waals surface area contributed by atoms with E-state index in [4.69, 9.17) is 11.2 Å². The van der Waals surface area contributed by atoms with Gasteiger partial charge in [0.1, 0.15) is 12.1 Å². The summed E-state index contributed by atoms with van der Waals surface area (Å²) in [5, 5.41) is 4.43. The second kappa shape index (κ2) is 9.62. The molecule has 3 heterocycles. The average Bonchev–Trinajstić information content (AvgIpc) is 3.36. The molecule has 7 nitrogen and oxygen atoms in total. The fraction of sp³-hybridized carbons (Fsp3) is 0.333. The third-order valence-corrected chi connectivity index (χ3v) is 6.71. The van der Waals surface area contributed by atoms with Gasteiger partial charge in [-0.2, -0.15) is 0 Å². The fourth-order valence-electron chi connectivity index (χ4n) is 4.80. The number of benzene rings is 2. The van der Waals surface area contributed by atoms with Crippen LogP contribution in [0.5, 0.6) is 0 Å². The molecule has 3 aromatic rings. The van der Waals surface area contributed by atoms with Crippen molar-refractivity contribution in [1.29, 1.82) is 0 Å². The van der Waals surface area contributed by atoms with Crippen molar-refractivity contribution in [2.24, 2.45) is 5.92 Å². The highest BCUT2D eigenvalue weighted by molar-refractivity contribution is 5.93. The zero-order chi connectivity index (χ0) is 23.5. The largest absolute Gasteiger partial charge is 0.381 e. The lowest BCUT2D eigenvalue weighted by Gasteiger charge is -2.26. The number of rotatable bonds is 5. The molecule has 0 aliphatic carbocycles. The van der Waals surface area contributed by atoms with E-state index in [9.17, 15) is 9.59 Å². The van der Waals surface area contributed by atoms with Crippen LogP contribution in [0, 0.1) is 18.3 Å². The third-order valence-electron chi connectivity index (χ3n) is 6.71. The Kier molecular flexibility index (Phi) is 6.24. The molecule has 0 radical (unpaired) electrons. The van der Waals surface area contributed by atoms with Gasteiger partial charge in [-0.15, -0.1) is 6.42 Å². The second-order valence-corrected chi connectivity index (χ2v) is 8.82. The molecular formula is C27H26N4O3. The number of terminal acetylenes is 1. The molecule has 1 aromatic heterocycles. The predicted octanol–water partition coefficient (Wildman–Crippen LogP) is 3.53. The molecule has 0 unspecified atom stereocenters. The molecule has 0 bridgehead atoms. The number of nitrogens with zero attached hydrogens (tertiary/aromatic N) is 3. The third kappa shape index (κ3) is 4.37. The first kappa shape index (κ1) is 22.1. The molecule has 34 heavy (non-hydrogen) atoms. The highest BCUT2D eigenvalue weighted by Gasteiger charge is 2.32. The van der Waals surface area contributed by atoms with E-state index in [-0.39, 0.29) is 17.9 Å². The minimum absolute atomic E-state index is 0.0760. The summed E-state index contributed by atoms with van der Waals surface area (Å²) in [5.41, 5.74) is 3.73. The van der Waals surface area contributed by atoms with Gasteiger partial charge in [-0.1, -0.05) is 18.1 Å². The standard InChI is InChI=1S/C27H26N4O3/c1-2-18-3-4-20(13-22(18)16-32)21-5-6-25-24(14-21)26(29-17-28-25)30-23-7-10-31(15-23)27(33)19-8-11-34-12-9-19/h1,3-6,13-14,16-17,19,23H,7-12,15H2,(H,28,29,30)/t23-/m0/s1. The van der Waals surface area contributed by atoms with Crippen molar-refractivity contribution in [2.45, 2.75) is 25.3 Å². The monoisotopic (exact) mass is 454 g/mol. The summed E-state index contributed by atoms with van der Waals surface area (Å²) in [5.74, 6) is 3.60. The van der Waals surface area contributed by atoms with Crippen LogP contribution in [-0.4, -0.2) is 59.4 Å². The normalized spacial score (nSPS) is 18.6. The van der Waals surface area contributed by atoms with E-state index in [2.05, 4.69) is 21.2 Å². The minimum Gasteiger partial charge on any atom is -0.381 e. The van der Waals surface area contributed by atoms with Gasteiger partial charge in [-0.3, -0.25) is 9.59 Å². The Balaban J connectivity index is 1.37. The molecule has 2 aromatic carbocycles. The van der Waals surface area contributed by atoms with Crippen molar-refractivity contribution >= 4 is 28.9 Å². The smallest absolute Gasteiger partial charge is 0.225 e. The van der Waals surface area contributed by atoms with Crippen LogP contribution >= 0.6 is 0 Å². The van der Waals surface area contributed by atoms with Crippen molar-refractivity contribution in [1.82, 2.24) is 14.9 Å². The van der Waals surface area contributed by atoms with Gasteiger partial charge >= 0.3 is 0 Å². The van der Waals surface area contributed by atoms with Crippen LogP contribution in [0.15, 0.2) is 42.7 Å². The first-order chi connectivity index (χ1) is 16.7. The fourth-order valence-corrected chi connectivity index (χ4v) is 4.80. The Morgan fingerprint density at radius 3 is 2.71 bits per heavy atom. The number of amides is 1. The lowest BCUT2D eigenvalue weighted by Crippen LogP contribution is -2.38. The van der Waals surface area contributed by atoms with E-state index in [0.29, 0.717) is 30.9 Å². The molecular weight excluding hydrogens is 428 g/mol. The minimum atomic E-state index is 0.0760. The zero-order valence-corrected chi connectivity index (χ0v) is 18.9. The van der Waals surface area contributed by atoms with Crippen molar-refractivity contribution < 1.29 is 14.3 Å². The highest BCUT2D eigenvalue weighted by Crippen LogP contribution is 2.29. The van der Waals surface area contributed by atoms with E-state index >= 15 is 0 Å². The summed E-state index contributed by atoms with van der Waals surface area (Å²) >= 11 is 0. The molecule has 5 rings (SSSR count). The van der Waals surface area contributed by atoms with E-state index < -0.39 is 0 Å².